The molecule has 0 aliphatic carbocycles. The summed E-state index contributed by atoms with van der Waals surface area (Å²) in [5.74, 6) is -0.517. The number of H-pyrrole nitrogens is 1. The molecule has 0 amide bonds. The minimum absolute atomic E-state index is 0.438. The van der Waals surface area contributed by atoms with Crippen molar-refractivity contribution in [2.75, 3.05) is 0 Å². The van der Waals surface area contributed by atoms with E-state index >= 15 is 0 Å². The summed E-state index contributed by atoms with van der Waals surface area (Å²) >= 11 is 4.32. The quantitative estimate of drug-likeness (QED) is 0.493. The summed E-state index contributed by atoms with van der Waals surface area (Å²) in [5, 5.41) is 0. The van der Waals surface area contributed by atoms with Gasteiger partial charge < -0.3 is 8.83 Å². The summed E-state index contributed by atoms with van der Waals surface area (Å²) in [5.41, 5.74) is 2.16. The van der Waals surface area contributed by atoms with Gasteiger partial charge in [0, 0.05) is 3.57 Å². The monoisotopic (exact) mass is 479 g/mol. The third-order valence-electron chi connectivity index (χ3n) is 2.51. The van der Waals surface area contributed by atoms with Gasteiger partial charge >= 0.3 is 5.76 Å². The van der Waals surface area contributed by atoms with Crippen LogP contribution in [0.1, 0.15) is 0 Å². The fourth-order valence-corrected chi connectivity index (χ4v) is 3.62. The minimum Gasteiger partial charge on any atom is -0.451 e. The summed E-state index contributed by atoms with van der Waals surface area (Å²) in [6.07, 6.45) is 0. The highest BCUT2D eigenvalue weighted by Gasteiger charge is 2.05. The van der Waals surface area contributed by atoms with Crippen LogP contribution in [-0.4, -0.2) is 4.98 Å². The number of aromatic amines is 1. The van der Waals surface area contributed by atoms with Crippen molar-refractivity contribution >= 4 is 67.4 Å². The van der Waals surface area contributed by atoms with Gasteiger partial charge in [-0.15, -0.1) is 0 Å². The lowest BCUT2D eigenvalue weighted by atomic mass is 10.3. The van der Waals surface area contributed by atoms with Crippen molar-refractivity contribution in [3.05, 3.63) is 54.1 Å². The van der Waals surface area contributed by atoms with Gasteiger partial charge in [0.05, 0.1) is 9.09 Å². The first-order valence-electron chi connectivity index (χ1n) is 5.38. The molecule has 4 nitrogen and oxygen atoms in total. The molecular formula is C13H7I2NO3. The first kappa shape index (κ1) is 13.0. The molecule has 1 heterocycles. The van der Waals surface area contributed by atoms with Crippen LogP contribution >= 0.6 is 45.2 Å². The van der Waals surface area contributed by atoms with Gasteiger partial charge in [-0.1, -0.05) is 12.1 Å². The smallest absolute Gasteiger partial charge is 0.417 e. The Labute approximate surface area is 134 Å². The maximum absolute atomic E-state index is 11.8. The molecule has 0 saturated carbocycles. The second kappa shape index (κ2) is 5.16. The van der Waals surface area contributed by atoms with Crippen LogP contribution in [0, 0.1) is 7.14 Å². The number of nitrogens with one attached hydrogen (secondary N) is 1. The van der Waals surface area contributed by atoms with Crippen LogP contribution in [0.3, 0.4) is 0 Å². The van der Waals surface area contributed by atoms with Gasteiger partial charge in [-0.25, -0.2) is 4.79 Å². The van der Waals surface area contributed by atoms with Crippen LogP contribution in [0.5, 0.6) is 0 Å². The van der Waals surface area contributed by atoms with Crippen LogP contribution in [0.15, 0.2) is 50.0 Å². The van der Waals surface area contributed by atoms with Crippen LogP contribution in [0.25, 0.3) is 22.3 Å². The zero-order valence-electron chi connectivity index (χ0n) is 9.44. The second-order valence-corrected chi connectivity index (χ2v) is 6.24. The summed E-state index contributed by atoms with van der Waals surface area (Å²) < 4.78 is 13.0. The zero-order valence-corrected chi connectivity index (χ0v) is 13.8. The predicted octanol–water partition coefficient (Wildman–Crippen LogP) is 4.20. The van der Waals surface area contributed by atoms with Gasteiger partial charge in [0.2, 0.25) is 0 Å². The maximum Gasteiger partial charge on any atom is 0.417 e. The fourth-order valence-electron chi connectivity index (χ4n) is 1.72. The molecule has 0 atom stereocenters. The molecule has 3 aromatic rings. The SMILES string of the molecule is O=c1[nH]c2ccccc2oc2cc(I)cc(I)c2o1. The Morgan fingerprint density at radius 1 is 1.00 bits per heavy atom. The molecule has 0 bridgehead atoms. The highest BCUT2D eigenvalue weighted by Crippen LogP contribution is 2.23. The number of benzene rings is 2. The first-order valence-corrected chi connectivity index (χ1v) is 7.54. The van der Waals surface area contributed by atoms with Crippen molar-refractivity contribution in [1.29, 1.82) is 0 Å². The minimum atomic E-state index is -0.517. The standard InChI is InChI=1S/C13H7I2NO3/c14-7-5-8(15)12-11(6-7)18-10-4-2-1-3-9(10)16-13(17)19-12/h1-6H,(H,16,17). The van der Waals surface area contributed by atoms with E-state index in [0.29, 0.717) is 22.3 Å². The number of rotatable bonds is 0. The van der Waals surface area contributed by atoms with Gasteiger partial charge in [-0.2, -0.15) is 0 Å². The van der Waals surface area contributed by atoms with Gasteiger partial charge in [-0.3, -0.25) is 4.98 Å². The molecule has 19 heavy (non-hydrogen) atoms. The summed E-state index contributed by atoms with van der Waals surface area (Å²) in [7, 11) is 0. The van der Waals surface area contributed by atoms with Crippen molar-refractivity contribution in [2.45, 2.75) is 0 Å². The van der Waals surface area contributed by atoms with Crippen LogP contribution in [0.2, 0.25) is 0 Å². The van der Waals surface area contributed by atoms with Crippen molar-refractivity contribution in [3.8, 4) is 0 Å². The molecule has 3 rings (SSSR count). The van der Waals surface area contributed by atoms with Crippen molar-refractivity contribution < 1.29 is 8.83 Å². The Kier molecular flexibility index (Phi) is 3.52. The Hall–Kier alpha value is -1.03. The van der Waals surface area contributed by atoms with Gasteiger partial charge in [0.25, 0.3) is 0 Å². The predicted molar refractivity (Wildman–Crippen MR) is 89.7 cm³/mol. The Bertz CT molecular complexity index is 874. The highest BCUT2D eigenvalue weighted by molar-refractivity contribution is 14.1. The average Bonchev–Trinajstić information content (AvgIpc) is 2.34. The lowest BCUT2D eigenvalue weighted by Crippen LogP contribution is -2.01. The zero-order chi connectivity index (χ0) is 13.4. The van der Waals surface area contributed by atoms with Crippen molar-refractivity contribution in [3.63, 3.8) is 0 Å². The summed E-state index contributed by atoms with van der Waals surface area (Å²) in [4.78, 5) is 14.5. The molecule has 0 fully saturated rings. The molecule has 0 unspecified atom stereocenters. The van der Waals surface area contributed by atoms with E-state index in [1.165, 1.54) is 0 Å². The van der Waals surface area contributed by atoms with E-state index in [1.54, 1.807) is 12.1 Å². The average molecular weight is 479 g/mol. The maximum atomic E-state index is 11.8. The second-order valence-electron chi connectivity index (χ2n) is 3.83. The molecule has 0 saturated heterocycles. The fraction of sp³-hybridized carbons (Fsp3) is 0. The van der Waals surface area contributed by atoms with Crippen molar-refractivity contribution in [2.24, 2.45) is 0 Å². The largest absolute Gasteiger partial charge is 0.451 e. The number of hydrogen-bond donors (Lipinski definition) is 1. The molecule has 0 aliphatic rings. The van der Waals surface area contributed by atoms with Crippen molar-refractivity contribution in [1.82, 2.24) is 4.98 Å². The molecule has 0 spiro atoms. The van der Waals surface area contributed by atoms with E-state index in [1.807, 2.05) is 24.3 Å². The van der Waals surface area contributed by atoms with E-state index in [9.17, 15) is 4.79 Å². The molecular weight excluding hydrogens is 472 g/mol. The van der Waals surface area contributed by atoms with E-state index in [2.05, 4.69) is 50.2 Å². The lowest BCUT2D eigenvalue weighted by molar-refractivity contribution is 0.523. The van der Waals surface area contributed by atoms with E-state index in [0.717, 1.165) is 7.14 Å². The molecule has 2 aromatic carbocycles. The topological polar surface area (TPSA) is 59.1 Å². The first-order chi connectivity index (χ1) is 9.13. The Morgan fingerprint density at radius 2 is 1.79 bits per heavy atom. The molecule has 96 valence electrons. The van der Waals surface area contributed by atoms with Crippen LogP contribution in [-0.2, 0) is 0 Å². The number of halogens is 2. The number of para-hydroxylation sites is 2. The third kappa shape index (κ3) is 2.64. The van der Waals surface area contributed by atoms with E-state index < -0.39 is 5.76 Å². The molecule has 6 heteroatoms. The molecule has 0 radical (unpaired) electrons. The van der Waals surface area contributed by atoms with E-state index in [4.69, 9.17) is 8.83 Å². The van der Waals surface area contributed by atoms with Crippen LogP contribution in [0.4, 0.5) is 0 Å². The van der Waals surface area contributed by atoms with Crippen LogP contribution < -0.4 is 5.76 Å². The lowest BCUT2D eigenvalue weighted by Gasteiger charge is -2.00. The number of aromatic nitrogens is 1. The van der Waals surface area contributed by atoms with Gasteiger partial charge in [0.15, 0.2) is 16.7 Å². The Balaban J connectivity index is 2.61. The van der Waals surface area contributed by atoms with E-state index in [-0.39, 0.29) is 0 Å². The summed E-state index contributed by atoms with van der Waals surface area (Å²) in [6.45, 7) is 0. The van der Waals surface area contributed by atoms with Gasteiger partial charge in [0.1, 0.15) is 0 Å². The highest BCUT2D eigenvalue weighted by atomic mass is 127. The third-order valence-corrected chi connectivity index (χ3v) is 3.94. The molecule has 1 N–H and O–H groups in total. The number of hydrogen-bond acceptors (Lipinski definition) is 3. The normalized spacial score (nSPS) is 10.8. The number of fused-ring (bicyclic) bond motifs is 2. The van der Waals surface area contributed by atoms with Gasteiger partial charge in [-0.05, 0) is 69.4 Å². The molecule has 1 aromatic heterocycles. The molecule has 0 aliphatic heterocycles. The Morgan fingerprint density at radius 3 is 2.63 bits per heavy atom. The summed E-state index contributed by atoms with van der Waals surface area (Å²) in [6, 6.07) is 11.0.